The van der Waals surface area contributed by atoms with Crippen molar-refractivity contribution >= 4 is 26.4 Å². The van der Waals surface area contributed by atoms with E-state index in [9.17, 15) is 8.42 Å². The van der Waals surface area contributed by atoms with Crippen LogP contribution in [0.1, 0.15) is 36.8 Å². The Balaban J connectivity index is 1.95. The number of nitrogens with zero attached hydrogens (tertiary/aromatic N) is 1. The summed E-state index contributed by atoms with van der Waals surface area (Å²) < 4.78 is 27.3. The van der Waals surface area contributed by atoms with Crippen LogP contribution < -0.4 is 9.88 Å². The van der Waals surface area contributed by atoms with Gasteiger partial charge in [0.15, 0.2) is 11.1 Å². The molecule has 1 aromatic heterocycles. The second kappa shape index (κ2) is 7.55. The third-order valence-corrected chi connectivity index (χ3v) is 7.54. The molecule has 28 heavy (non-hydrogen) atoms. The molecule has 146 valence electrons. The molecular formula is C23H27N2O2S+. The number of anilines is 1. The number of benzene rings is 2. The molecule has 5 heteroatoms. The summed E-state index contributed by atoms with van der Waals surface area (Å²) in [6, 6.07) is 13.4. The number of nitrogens with one attached hydrogen (secondary N) is 1. The lowest BCUT2D eigenvalue weighted by atomic mass is 10.1. The fourth-order valence-corrected chi connectivity index (χ4v) is 5.53. The van der Waals surface area contributed by atoms with Crippen LogP contribution in [0.25, 0.3) is 10.9 Å². The van der Waals surface area contributed by atoms with E-state index < -0.39 is 9.84 Å². The molecule has 0 radical (unpaired) electrons. The van der Waals surface area contributed by atoms with Gasteiger partial charge in [0.05, 0.1) is 16.0 Å². The molecule has 2 aromatic carbocycles. The molecule has 4 nitrogen and oxygen atoms in total. The number of rotatable bonds is 3. The monoisotopic (exact) mass is 395 g/mol. The van der Waals surface area contributed by atoms with Crippen LogP contribution in [0.4, 0.5) is 5.69 Å². The van der Waals surface area contributed by atoms with E-state index in [1.807, 2.05) is 44.2 Å². The van der Waals surface area contributed by atoms with Gasteiger partial charge >= 0.3 is 0 Å². The minimum absolute atomic E-state index is 0.357. The van der Waals surface area contributed by atoms with Crippen LogP contribution >= 0.6 is 0 Å². The van der Waals surface area contributed by atoms with Gasteiger partial charge in [-0.2, -0.15) is 0 Å². The van der Waals surface area contributed by atoms with Crippen LogP contribution in [0.15, 0.2) is 58.5 Å². The first-order valence-electron chi connectivity index (χ1n) is 9.99. The molecule has 4 rings (SSSR count). The molecule has 1 N–H and O–H groups in total. The number of hydrogen-bond acceptors (Lipinski definition) is 3. The summed E-state index contributed by atoms with van der Waals surface area (Å²) in [7, 11) is -3.63. The minimum atomic E-state index is -3.63. The Morgan fingerprint density at radius 1 is 0.893 bits per heavy atom. The van der Waals surface area contributed by atoms with Crippen LogP contribution in [-0.2, 0) is 9.84 Å². The van der Waals surface area contributed by atoms with Crippen molar-refractivity contribution in [2.45, 2.75) is 49.3 Å². The minimum Gasteiger partial charge on any atom is -0.370 e. The van der Waals surface area contributed by atoms with Crippen LogP contribution in [0.2, 0.25) is 0 Å². The topological polar surface area (TPSA) is 51.5 Å². The first-order chi connectivity index (χ1) is 13.5. The van der Waals surface area contributed by atoms with Gasteiger partial charge in [-0.25, -0.2) is 13.4 Å². The van der Waals surface area contributed by atoms with Crippen molar-refractivity contribution in [3.8, 4) is 0 Å². The smallest absolute Gasteiger partial charge is 0.214 e. The molecule has 1 aliphatic heterocycles. The van der Waals surface area contributed by atoms with Crippen molar-refractivity contribution in [2.24, 2.45) is 0 Å². The first kappa shape index (κ1) is 18.9. The molecule has 0 spiro atoms. The average molecular weight is 396 g/mol. The second-order valence-electron chi connectivity index (χ2n) is 7.70. The van der Waals surface area contributed by atoms with Crippen LogP contribution in [0, 0.1) is 13.8 Å². The van der Waals surface area contributed by atoms with E-state index in [0.717, 1.165) is 53.6 Å². The van der Waals surface area contributed by atoms with Gasteiger partial charge in [-0.3, -0.25) is 0 Å². The van der Waals surface area contributed by atoms with Crippen LogP contribution in [-0.4, -0.2) is 21.5 Å². The quantitative estimate of drug-likeness (QED) is 0.657. The molecule has 3 aromatic rings. The average Bonchev–Trinajstić information content (AvgIpc) is 2.98. The van der Waals surface area contributed by atoms with Crippen molar-refractivity contribution < 1.29 is 13.4 Å². The van der Waals surface area contributed by atoms with E-state index >= 15 is 0 Å². The number of sulfone groups is 1. The summed E-state index contributed by atoms with van der Waals surface area (Å²) in [5, 5.41) is 0.967. The molecule has 0 atom stereocenters. The summed E-state index contributed by atoms with van der Waals surface area (Å²) in [5.41, 5.74) is 3.88. The van der Waals surface area contributed by atoms with E-state index in [1.165, 1.54) is 12.8 Å². The number of H-pyrrole nitrogens is 1. The fraction of sp³-hybridized carbons (Fsp3) is 0.348. The summed E-state index contributed by atoms with van der Waals surface area (Å²) in [6.07, 6.45) is 6.26. The first-order valence-corrected chi connectivity index (χ1v) is 11.5. The standard InChI is InChI=1S/C23H26N2O2S/c1-17-11-12-19(15-18(17)2)28(26,27)22-16-24-21-10-6-5-9-20(21)23(22)25-13-7-3-4-8-14-25/h5-6,9-12,15-16H,3-4,7-8,13-14H2,1-2H3/p+1. The van der Waals surface area contributed by atoms with Gasteiger partial charge < -0.3 is 4.90 Å². The Labute approximate surface area is 167 Å². The van der Waals surface area contributed by atoms with E-state index in [1.54, 1.807) is 18.3 Å². The van der Waals surface area contributed by atoms with Crippen LogP contribution in [0.3, 0.4) is 0 Å². The van der Waals surface area contributed by atoms with Gasteiger partial charge in [0.25, 0.3) is 0 Å². The van der Waals surface area contributed by atoms with E-state index in [4.69, 9.17) is 0 Å². The number of para-hydroxylation sites is 1. The maximum Gasteiger partial charge on any atom is 0.214 e. The maximum absolute atomic E-state index is 13.6. The molecule has 0 aliphatic carbocycles. The third-order valence-electron chi connectivity index (χ3n) is 5.77. The highest BCUT2D eigenvalue weighted by atomic mass is 32.2. The van der Waals surface area contributed by atoms with Gasteiger partial charge in [0.2, 0.25) is 15.4 Å². The zero-order valence-corrected chi connectivity index (χ0v) is 17.3. The number of pyridine rings is 1. The van der Waals surface area contributed by atoms with Crippen molar-refractivity contribution in [1.29, 1.82) is 0 Å². The Bertz CT molecular complexity index is 1110. The van der Waals surface area contributed by atoms with Crippen LogP contribution in [0.5, 0.6) is 0 Å². The molecule has 2 heterocycles. The lowest BCUT2D eigenvalue weighted by Crippen LogP contribution is -2.27. The summed E-state index contributed by atoms with van der Waals surface area (Å²) in [6.45, 7) is 5.74. The molecule has 0 amide bonds. The van der Waals surface area contributed by atoms with Gasteiger partial charge in [0, 0.05) is 19.2 Å². The Morgan fingerprint density at radius 2 is 1.61 bits per heavy atom. The Morgan fingerprint density at radius 3 is 2.32 bits per heavy atom. The number of hydrogen-bond donors (Lipinski definition) is 0. The highest BCUT2D eigenvalue weighted by molar-refractivity contribution is 7.91. The highest BCUT2D eigenvalue weighted by Gasteiger charge is 2.29. The molecule has 1 aliphatic rings. The number of aryl methyl sites for hydroxylation is 2. The largest absolute Gasteiger partial charge is 0.370 e. The van der Waals surface area contributed by atoms with E-state index in [2.05, 4.69) is 9.88 Å². The molecule has 0 bridgehead atoms. The van der Waals surface area contributed by atoms with Gasteiger partial charge in [-0.05, 0) is 56.0 Å². The maximum atomic E-state index is 13.6. The molecule has 1 saturated heterocycles. The predicted octanol–water partition coefficient (Wildman–Crippen LogP) is 4.48. The van der Waals surface area contributed by atoms with Gasteiger partial charge in [-0.1, -0.05) is 31.0 Å². The zero-order chi connectivity index (χ0) is 19.7. The van der Waals surface area contributed by atoms with Crippen molar-refractivity contribution in [3.05, 3.63) is 59.8 Å². The normalized spacial score (nSPS) is 15.6. The van der Waals surface area contributed by atoms with Crippen molar-refractivity contribution in [2.75, 3.05) is 18.0 Å². The predicted molar refractivity (Wildman–Crippen MR) is 113 cm³/mol. The van der Waals surface area contributed by atoms with Gasteiger partial charge in [0.1, 0.15) is 0 Å². The molecule has 1 fully saturated rings. The number of aromatic amines is 1. The molecule has 0 saturated carbocycles. The second-order valence-corrected chi connectivity index (χ2v) is 9.62. The lowest BCUT2D eigenvalue weighted by Gasteiger charge is -2.25. The summed E-state index contributed by atoms with van der Waals surface area (Å²) in [5.74, 6) is 0. The summed E-state index contributed by atoms with van der Waals surface area (Å²) >= 11 is 0. The van der Waals surface area contributed by atoms with Gasteiger partial charge in [-0.15, -0.1) is 0 Å². The van der Waals surface area contributed by atoms with E-state index in [0.29, 0.717) is 9.79 Å². The third kappa shape index (κ3) is 3.39. The van der Waals surface area contributed by atoms with Crippen molar-refractivity contribution in [1.82, 2.24) is 0 Å². The fourth-order valence-electron chi connectivity index (χ4n) is 3.99. The Kier molecular flexibility index (Phi) is 5.11. The lowest BCUT2D eigenvalue weighted by molar-refractivity contribution is -0.347. The number of aromatic nitrogens is 1. The highest BCUT2D eigenvalue weighted by Crippen LogP contribution is 2.36. The number of fused-ring (bicyclic) bond motifs is 1. The molecule has 0 unspecified atom stereocenters. The van der Waals surface area contributed by atoms with Crippen molar-refractivity contribution in [3.63, 3.8) is 0 Å². The van der Waals surface area contributed by atoms with E-state index in [-0.39, 0.29) is 0 Å². The molecular weight excluding hydrogens is 368 g/mol. The SMILES string of the molecule is Cc1ccc(S(=O)(=O)c2c[nH+]c3ccccc3c2N2CCCCCC2)cc1C. The zero-order valence-electron chi connectivity index (χ0n) is 16.5. The Hall–Kier alpha value is -2.40. The summed E-state index contributed by atoms with van der Waals surface area (Å²) in [4.78, 5) is 6.21.